The zero-order chi connectivity index (χ0) is 16.8. The van der Waals surface area contributed by atoms with Crippen LogP contribution in [0, 0.1) is 0 Å². The Labute approximate surface area is 168 Å². The molecule has 0 aromatic carbocycles. The Morgan fingerprint density at radius 3 is 2.58 bits per heavy atom. The summed E-state index contributed by atoms with van der Waals surface area (Å²) in [7, 11) is -1.26. The van der Waals surface area contributed by atoms with Gasteiger partial charge >= 0.3 is 0 Å². The van der Waals surface area contributed by atoms with E-state index in [0.717, 1.165) is 37.8 Å². The van der Waals surface area contributed by atoms with Gasteiger partial charge < -0.3 is 10.2 Å². The van der Waals surface area contributed by atoms with Gasteiger partial charge in [-0.3, -0.25) is 4.99 Å². The van der Waals surface area contributed by atoms with Gasteiger partial charge in [0, 0.05) is 43.7 Å². The molecule has 0 aromatic heterocycles. The van der Waals surface area contributed by atoms with E-state index in [0.29, 0.717) is 11.3 Å². The third kappa shape index (κ3) is 7.25. The topological polar surface area (TPSA) is 73.8 Å². The minimum Gasteiger partial charge on any atom is -0.356 e. The lowest BCUT2D eigenvalue weighted by Crippen LogP contribution is -2.53. The van der Waals surface area contributed by atoms with Gasteiger partial charge in [0.25, 0.3) is 0 Å². The number of nitrogens with zero attached hydrogens (tertiary/aromatic N) is 2. The Morgan fingerprint density at radius 2 is 1.96 bits per heavy atom. The van der Waals surface area contributed by atoms with E-state index >= 15 is 0 Å². The van der Waals surface area contributed by atoms with Crippen molar-refractivity contribution in [2.75, 3.05) is 45.2 Å². The first-order chi connectivity index (χ1) is 10.9. The highest BCUT2D eigenvalue weighted by atomic mass is 127. The normalized spacial score (nSPS) is 21.4. The summed E-state index contributed by atoms with van der Waals surface area (Å²) in [4.78, 5) is 6.80. The first-order valence-electron chi connectivity index (χ1n) is 8.48. The Balaban J connectivity index is 0.00000288. The van der Waals surface area contributed by atoms with Crippen molar-refractivity contribution in [1.82, 2.24) is 14.9 Å². The van der Waals surface area contributed by atoms with E-state index in [1.165, 1.54) is 38.4 Å². The first-order valence-corrected chi connectivity index (χ1v) is 11.4. The first kappa shape index (κ1) is 22.3. The largest absolute Gasteiger partial charge is 0.356 e. The van der Waals surface area contributed by atoms with Crippen LogP contribution in [0.25, 0.3) is 0 Å². The van der Waals surface area contributed by atoms with E-state index in [9.17, 15) is 8.42 Å². The van der Waals surface area contributed by atoms with Crippen molar-refractivity contribution in [3.63, 3.8) is 0 Å². The lowest BCUT2D eigenvalue weighted by Gasteiger charge is -2.45. The fourth-order valence-corrected chi connectivity index (χ4v) is 5.49. The number of sulfonamides is 1. The van der Waals surface area contributed by atoms with Gasteiger partial charge in [0.15, 0.2) is 5.96 Å². The van der Waals surface area contributed by atoms with Crippen molar-refractivity contribution >= 4 is 51.7 Å². The summed E-state index contributed by atoms with van der Waals surface area (Å²) in [5.74, 6) is 2.12. The quantitative estimate of drug-likeness (QED) is 0.267. The molecule has 1 heterocycles. The molecule has 2 aliphatic rings. The molecule has 1 aliphatic carbocycles. The van der Waals surface area contributed by atoms with Gasteiger partial charge in [-0.25, -0.2) is 13.1 Å². The molecule has 0 amide bonds. The highest BCUT2D eigenvalue weighted by Crippen LogP contribution is 2.42. The summed E-state index contributed by atoms with van der Waals surface area (Å²) in [5, 5.41) is 3.38. The molecule has 0 bridgehead atoms. The minimum absolute atomic E-state index is 0. The number of aliphatic imine (C=N–C) groups is 1. The summed E-state index contributed by atoms with van der Waals surface area (Å²) >= 11 is 2.15. The molecular weight excluding hydrogens is 459 g/mol. The summed E-state index contributed by atoms with van der Waals surface area (Å²) in [6.45, 7) is 3.31. The van der Waals surface area contributed by atoms with E-state index in [2.05, 4.69) is 31.7 Å². The summed E-state index contributed by atoms with van der Waals surface area (Å²) in [6.07, 6.45) is 8.66. The average Bonchev–Trinajstić information content (AvgIpc) is 2.50. The molecule has 0 unspecified atom stereocenters. The maximum absolute atomic E-state index is 11.0. The number of thioether (sulfide) groups is 1. The molecule has 142 valence electrons. The number of hydrogen-bond acceptors (Lipinski definition) is 4. The van der Waals surface area contributed by atoms with Crippen LogP contribution in [0.5, 0.6) is 0 Å². The molecule has 0 radical (unpaired) electrons. The zero-order valence-corrected chi connectivity index (χ0v) is 18.7. The van der Waals surface area contributed by atoms with Crippen molar-refractivity contribution < 1.29 is 8.42 Å². The average molecular weight is 490 g/mol. The molecule has 2 rings (SSSR count). The molecular formula is C15H31IN4O2S2. The lowest BCUT2D eigenvalue weighted by molar-refractivity contribution is 0.293. The highest BCUT2D eigenvalue weighted by molar-refractivity contribution is 14.0. The second-order valence-electron chi connectivity index (χ2n) is 6.51. The van der Waals surface area contributed by atoms with E-state index in [1.54, 1.807) is 0 Å². The molecule has 0 aromatic rings. The number of guanidine groups is 1. The Morgan fingerprint density at radius 1 is 1.25 bits per heavy atom. The molecule has 1 spiro atoms. The Kier molecular flexibility index (Phi) is 9.68. The van der Waals surface area contributed by atoms with Gasteiger partial charge in [0.2, 0.25) is 10.0 Å². The molecule has 1 saturated heterocycles. The second-order valence-corrected chi connectivity index (χ2v) is 9.90. The molecule has 0 atom stereocenters. The van der Waals surface area contributed by atoms with Crippen LogP contribution in [-0.2, 0) is 10.0 Å². The molecule has 24 heavy (non-hydrogen) atoms. The standard InChI is InChI=1S/C15H30N4O2S2.HI/c1-16-14(17-9-6-10-18-23(2,20)21)19-11-12-22-15(13-19)7-4-3-5-8-15;/h18H,3-13H2,1-2H3,(H,16,17);1H. The van der Waals surface area contributed by atoms with Gasteiger partial charge in [0.05, 0.1) is 6.26 Å². The molecule has 2 N–H and O–H groups in total. The van der Waals surface area contributed by atoms with Crippen LogP contribution < -0.4 is 10.0 Å². The Bertz CT molecular complexity index is 502. The number of nitrogens with one attached hydrogen (secondary N) is 2. The highest BCUT2D eigenvalue weighted by Gasteiger charge is 2.38. The number of halogens is 1. The van der Waals surface area contributed by atoms with Crippen LogP contribution in [-0.4, -0.2) is 69.3 Å². The molecule has 2 fully saturated rings. The maximum atomic E-state index is 11.0. The van der Waals surface area contributed by atoms with Crippen LogP contribution in [0.2, 0.25) is 0 Å². The molecule has 1 saturated carbocycles. The SMILES string of the molecule is CN=C(NCCCNS(C)(=O)=O)N1CCSC2(CCCCC2)C1.I. The Hall–Kier alpha value is 0.260. The van der Waals surface area contributed by atoms with Crippen LogP contribution in [0.15, 0.2) is 4.99 Å². The van der Waals surface area contributed by atoms with Crippen molar-refractivity contribution in [3.8, 4) is 0 Å². The summed E-state index contributed by atoms with van der Waals surface area (Å²) in [6, 6.07) is 0. The van der Waals surface area contributed by atoms with Gasteiger partial charge in [-0.2, -0.15) is 11.8 Å². The maximum Gasteiger partial charge on any atom is 0.208 e. The van der Waals surface area contributed by atoms with E-state index in [1.807, 2.05) is 7.05 Å². The van der Waals surface area contributed by atoms with Gasteiger partial charge in [0.1, 0.15) is 0 Å². The minimum atomic E-state index is -3.09. The monoisotopic (exact) mass is 490 g/mol. The molecule has 9 heteroatoms. The van der Waals surface area contributed by atoms with Gasteiger partial charge in [-0.1, -0.05) is 19.3 Å². The number of rotatable bonds is 5. The van der Waals surface area contributed by atoms with Crippen molar-refractivity contribution in [2.24, 2.45) is 4.99 Å². The fourth-order valence-electron chi connectivity index (χ4n) is 3.40. The van der Waals surface area contributed by atoms with Crippen LogP contribution in [0.4, 0.5) is 0 Å². The summed E-state index contributed by atoms with van der Waals surface area (Å²) in [5.41, 5.74) is 0. The summed E-state index contributed by atoms with van der Waals surface area (Å²) < 4.78 is 25.0. The van der Waals surface area contributed by atoms with Crippen LogP contribution in [0.3, 0.4) is 0 Å². The smallest absolute Gasteiger partial charge is 0.208 e. The lowest BCUT2D eigenvalue weighted by atomic mass is 9.87. The predicted molar refractivity (Wildman–Crippen MR) is 114 cm³/mol. The zero-order valence-electron chi connectivity index (χ0n) is 14.7. The fraction of sp³-hybridized carbons (Fsp3) is 0.933. The third-order valence-corrected chi connectivity index (χ3v) is 6.79. The van der Waals surface area contributed by atoms with E-state index in [4.69, 9.17) is 0 Å². The van der Waals surface area contributed by atoms with Crippen molar-refractivity contribution in [3.05, 3.63) is 0 Å². The predicted octanol–water partition coefficient (Wildman–Crippen LogP) is 1.87. The van der Waals surface area contributed by atoms with Crippen molar-refractivity contribution in [1.29, 1.82) is 0 Å². The van der Waals surface area contributed by atoms with Crippen LogP contribution >= 0.6 is 35.7 Å². The molecule has 1 aliphatic heterocycles. The van der Waals surface area contributed by atoms with Crippen LogP contribution in [0.1, 0.15) is 38.5 Å². The van der Waals surface area contributed by atoms with E-state index in [-0.39, 0.29) is 24.0 Å². The van der Waals surface area contributed by atoms with Crippen molar-refractivity contribution in [2.45, 2.75) is 43.3 Å². The van der Waals surface area contributed by atoms with Gasteiger partial charge in [-0.05, 0) is 19.3 Å². The third-order valence-electron chi connectivity index (χ3n) is 4.53. The van der Waals surface area contributed by atoms with E-state index < -0.39 is 10.0 Å². The number of hydrogen-bond donors (Lipinski definition) is 2. The molecule has 6 nitrogen and oxygen atoms in total. The second kappa shape index (κ2) is 10.4. The van der Waals surface area contributed by atoms with Gasteiger partial charge in [-0.15, -0.1) is 24.0 Å².